The number of hydrogen-bond donors (Lipinski definition) is 2. The summed E-state index contributed by atoms with van der Waals surface area (Å²) >= 11 is 0. The first-order valence-corrected chi connectivity index (χ1v) is 6.25. The molecule has 0 radical (unpaired) electrons. The smallest absolute Gasteiger partial charge is 0.305 e. The van der Waals surface area contributed by atoms with Crippen molar-refractivity contribution in [2.45, 2.75) is 25.8 Å². The number of benzene rings is 1. The molecule has 1 aliphatic carbocycles. The highest BCUT2D eigenvalue weighted by molar-refractivity contribution is 5.82. The average molecular weight is 265 g/mol. The van der Waals surface area contributed by atoms with Gasteiger partial charge in [0.05, 0.1) is 12.5 Å². The first-order chi connectivity index (χ1) is 8.97. The van der Waals surface area contributed by atoms with E-state index in [4.69, 9.17) is 5.11 Å². The van der Waals surface area contributed by atoms with Gasteiger partial charge >= 0.3 is 5.97 Å². The molecule has 0 saturated heterocycles. The van der Waals surface area contributed by atoms with Crippen molar-refractivity contribution in [3.8, 4) is 0 Å². The number of hydrogen-bond acceptors (Lipinski definition) is 2. The van der Waals surface area contributed by atoms with E-state index in [9.17, 15) is 14.0 Å². The van der Waals surface area contributed by atoms with E-state index >= 15 is 0 Å². The summed E-state index contributed by atoms with van der Waals surface area (Å²) in [5.74, 6) is -1.17. The van der Waals surface area contributed by atoms with Gasteiger partial charge in [0, 0.05) is 5.92 Å². The summed E-state index contributed by atoms with van der Waals surface area (Å²) in [6.45, 7) is 1.98. The second-order valence-corrected chi connectivity index (χ2v) is 5.03. The van der Waals surface area contributed by atoms with E-state index in [0.717, 1.165) is 6.42 Å². The molecule has 3 atom stereocenters. The number of rotatable bonds is 5. The molecular weight excluding hydrogens is 249 g/mol. The zero-order chi connectivity index (χ0) is 14.0. The van der Waals surface area contributed by atoms with Crippen LogP contribution in [0.25, 0.3) is 0 Å². The van der Waals surface area contributed by atoms with Gasteiger partial charge in [-0.05, 0) is 30.0 Å². The van der Waals surface area contributed by atoms with Gasteiger partial charge in [0.2, 0.25) is 5.91 Å². The summed E-state index contributed by atoms with van der Waals surface area (Å²) in [5.41, 5.74) is 0.602. The molecule has 102 valence electrons. The minimum atomic E-state index is -1.00. The van der Waals surface area contributed by atoms with Crippen LogP contribution in [0.4, 0.5) is 4.39 Å². The summed E-state index contributed by atoms with van der Waals surface area (Å²) < 4.78 is 12.9. The van der Waals surface area contributed by atoms with Crippen molar-refractivity contribution < 1.29 is 19.1 Å². The number of carbonyl (C=O) groups is 2. The van der Waals surface area contributed by atoms with E-state index in [2.05, 4.69) is 5.32 Å². The predicted octanol–water partition coefficient (Wildman–Crippen LogP) is 2.11. The molecule has 0 spiro atoms. The highest BCUT2D eigenvalue weighted by Crippen LogP contribution is 2.38. The number of carboxylic acids is 1. The maximum atomic E-state index is 12.9. The van der Waals surface area contributed by atoms with Crippen LogP contribution in [0.1, 0.15) is 31.4 Å². The third kappa shape index (κ3) is 3.53. The normalized spacial score (nSPS) is 22.6. The molecule has 0 aliphatic heterocycles. The van der Waals surface area contributed by atoms with Crippen LogP contribution in [0.3, 0.4) is 0 Å². The van der Waals surface area contributed by atoms with Crippen LogP contribution >= 0.6 is 0 Å². The Kier molecular flexibility index (Phi) is 3.83. The van der Waals surface area contributed by atoms with Crippen LogP contribution < -0.4 is 5.32 Å². The number of carboxylic acid groups (broad SMARTS) is 1. The fourth-order valence-electron chi connectivity index (χ4n) is 2.09. The Balaban J connectivity index is 2.09. The first-order valence-electron chi connectivity index (χ1n) is 6.25. The molecule has 2 rings (SSSR count). The lowest BCUT2D eigenvalue weighted by molar-refractivity contribution is -0.137. The number of carbonyl (C=O) groups excluding carboxylic acids is 1. The summed E-state index contributed by atoms with van der Waals surface area (Å²) in [6, 6.07) is 4.91. The molecule has 1 fully saturated rings. The Morgan fingerprint density at radius 2 is 2.00 bits per heavy atom. The molecule has 4 nitrogen and oxygen atoms in total. The van der Waals surface area contributed by atoms with Crippen LogP contribution in [0.5, 0.6) is 0 Å². The lowest BCUT2D eigenvalue weighted by atomic mass is 10.0. The fourth-order valence-corrected chi connectivity index (χ4v) is 2.09. The van der Waals surface area contributed by atoms with Crippen molar-refractivity contribution in [1.82, 2.24) is 5.32 Å². The molecule has 1 saturated carbocycles. The third-order valence-electron chi connectivity index (χ3n) is 3.41. The molecule has 0 aromatic heterocycles. The van der Waals surface area contributed by atoms with Crippen molar-refractivity contribution in [3.05, 3.63) is 35.6 Å². The van der Waals surface area contributed by atoms with Gasteiger partial charge in [-0.25, -0.2) is 4.39 Å². The molecule has 1 aliphatic rings. The number of aliphatic carboxylic acids is 1. The van der Waals surface area contributed by atoms with Crippen LogP contribution in [0, 0.1) is 17.7 Å². The maximum absolute atomic E-state index is 12.9. The number of amides is 1. The van der Waals surface area contributed by atoms with Gasteiger partial charge in [-0.3, -0.25) is 9.59 Å². The molecule has 0 heterocycles. The molecule has 2 N–H and O–H groups in total. The second kappa shape index (κ2) is 5.38. The SMILES string of the molecule is C[C@@H]1C[C@@H]1C(=O)N[C@@H](CC(=O)O)c1ccc(F)cc1. The van der Waals surface area contributed by atoms with Crippen molar-refractivity contribution in [1.29, 1.82) is 0 Å². The Bertz CT molecular complexity index is 486. The van der Waals surface area contributed by atoms with Crippen molar-refractivity contribution in [2.24, 2.45) is 11.8 Å². The largest absolute Gasteiger partial charge is 0.481 e. The van der Waals surface area contributed by atoms with Gasteiger partial charge in [-0.2, -0.15) is 0 Å². The zero-order valence-corrected chi connectivity index (χ0v) is 10.6. The van der Waals surface area contributed by atoms with Gasteiger partial charge in [0.1, 0.15) is 5.82 Å². The van der Waals surface area contributed by atoms with Crippen molar-refractivity contribution in [2.75, 3.05) is 0 Å². The van der Waals surface area contributed by atoms with Crippen molar-refractivity contribution >= 4 is 11.9 Å². The Labute approximate surface area is 110 Å². The molecule has 19 heavy (non-hydrogen) atoms. The molecule has 5 heteroatoms. The molecular formula is C14H16FNO3. The summed E-state index contributed by atoms with van der Waals surface area (Å²) in [7, 11) is 0. The third-order valence-corrected chi connectivity index (χ3v) is 3.41. The number of nitrogens with one attached hydrogen (secondary N) is 1. The molecule has 0 bridgehead atoms. The Morgan fingerprint density at radius 1 is 1.42 bits per heavy atom. The molecule has 1 aromatic carbocycles. The topological polar surface area (TPSA) is 66.4 Å². The minimum Gasteiger partial charge on any atom is -0.481 e. The van der Waals surface area contributed by atoms with Crippen LogP contribution in [0.2, 0.25) is 0 Å². The maximum Gasteiger partial charge on any atom is 0.305 e. The summed E-state index contributed by atoms with van der Waals surface area (Å²) in [6.07, 6.45) is 0.632. The predicted molar refractivity (Wildman–Crippen MR) is 66.8 cm³/mol. The van der Waals surface area contributed by atoms with Gasteiger partial charge in [-0.1, -0.05) is 19.1 Å². The van der Waals surface area contributed by atoms with Gasteiger partial charge < -0.3 is 10.4 Å². The van der Waals surface area contributed by atoms with E-state index in [1.54, 1.807) is 0 Å². The Morgan fingerprint density at radius 3 is 2.47 bits per heavy atom. The van der Waals surface area contributed by atoms with E-state index in [1.165, 1.54) is 24.3 Å². The van der Waals surface area contributed by atoms with E-state index in [0.29, 0.717) is 11.5 Å². The first kappa shape index (κ1) is 13.5. The van der Waals surface area contributed by atoms with E-state index in [-0.39, 0.29) is 24.1 Å². The van der Waals surface area contributed by atoms with Gasteiger partial charge in [0.25, 0.3) is 0 Å². The lowest BCUT2D eigenvalue weighted by Gasteiger charge is -2.17. The Hall–Kier alpha value is -1.91. The van der Waals surface area contributed by atoms with Crippen LogP contribution in [-0.2, 0) is 9.59 Å². The quantitative estimate of drug-likeness (QED) is 0.857. The lowest BCUT2D eigenvalue weighted by Crippen LogP contribution is -2.31. The van der Waals surface area contributed by atoms with Crippen LogP contribution in [-0.4, -0.2) is 17.0 Å². The second-order valence-electron chi connectivity index (χ2n) is 5.03. The summed E-state index contributed by atoms with van der Waals surface area (Å²) in [5, 5.41) is 11.6. The minimum absolute atomic E-state index is 0.0169. The fraction of sp³-hybridized carbons (Fsp3) is 0.429. The molecule has 1 aromatic rings. The highest BCUT2D eigenvalue weighted by Gasteiger charge is 2.39. The van der Waals surface area contributed by atoms with Gasteiger partial charge in [0.15, 0.2) is 0 Å². The molecule has 0 unspecified atom stereocenters. The monoisotopic (exact) mass is 265 g/mol. The zero-order valence-electron chi connectivity index (χ0n) is 10.6. The highest BCUT2D eigenvalue weighted by atomic mass is 19.1. The van der Waals surface area contributed by atoms with E-state index in [1.807, 2.05) is 6.92 Å². The van der Waals surface area contributed by atoms with Gasteiger partial charge in [-0.15, -0.1) is 0 Å². The van der Waals surface area contributed by atoms with E-state index < -0.39 is 12.0 Å². The standard InChI is InChI=1S/C14H16FNO3/c1-8-6-11(8)14(19)16-12(7-13(17)18)9-2-4-10(15)5-3-9/h2-5,8,11-12H,6-7H2,1H3,(H,16,19)(H,17,18)/t8-,11+,12+/m1/s1. The molecule has 1 amide bonds. The average Bonchev–Trinajstić information content (AvgIpc) is 3.06. The summed E-state index contributed by atoms with van der Waals surface area (Å²) in [4.78, 5) is 22.7. The number of halogens is 1. The van der Waals surface area contributed by atoms with Crippen molar-refractivity contribution in [3.63, 3.8) is 0 Å². The van der Waals surface area contributed by atoms with Crippen LogP contribution in [0.15, 0.2) is 24.3 Å².